The lowest BCUT2D eigenvalue weighted by Crippen LogP contribution is -2.31. The van der Waals surface area contributed by atoms with Crippen LogP contribution in [0.1, 0.15) is 30.5 Å². The fourth-order valence-electron chi connectivity index (χ4n) is 2.90. The summed E-state index contributed by atoms with van der Waals surface area (Å²) in [6.07, 6.45) is 3.97. The summed E-state index contributed by atoms with van der Waals surface area (Å²) >= 11 is 5.92. The van der Waals surface area contributed by atoms with Crippen LogP contribution in [0.2, 0.25) is 5.28 Å². The largest absolute Gasteiger partial charge is 0.344 e. The van der Waals surface area contributed by atoms with Gasteiger partial charge >= 0.3 is 0 Å². The fraction of sp³-hybridized carbons (Fsp3) is 0.455. The Morgan fingerprint density at radius 2 is 2.28 bits per heavy atom. The predicted molar refractivity (Wildman–Crippen MR) is 66.0 cm³/mol. The number of rotatable bonds is 0. The Hall–Kier alpha value is -1.69. The Morgan fingerprint density at radius 1 is 1.39 bits per heavy atom. The van der Waals surface area contributed by atoms with Crippen LogP contribution in [0.25, 0.3) is 5.69 Å². The second-order valence-corrected chi connectivity index (χ2v) is 4.98. The Bertz CT molecular complexity index is 636. The van der Waals surface area contributed by atoms with Crippen LogP contribution < -0.4 is 4.90 Å². The summed E-state index contributed by atoms with van der Waals surface area (Å²) in [4.78, 5) is 10.7. The normalized spacial score (nSPS) is 20.6. The number of halogens is 1. The van der Waals surface area contributed by atoms with Gasteiger partial charge in [0.05, 0.1) is 12.2 Å². The molecule has 6 nitrogen and oxygen atoms in total. The summed E-state index contributed by atoms with van der Waals surface area (Å²) in [6.45, 7) is 2.93. The highest BCUT2D eigenvalue weighted by Crippen LogP contribution is 2.42. The van der Waals surface area contributed by atoms with E-state index < -0.39 is 0 Å². The number of nitrogens with zero attached hydrogens (tertiary/aromatic N) is 6. The monoisotopic (exact) mass is 262 g/mol. The van der Waals surface area contributed by atoms with Crippen molar-refractivity contribution in [3.8, 4) is 5.69 Å². The molecule has 1 fully saturated rings. The number of aryl methyl sites for hydroxylation is 1. The van der Waals surface area contributed by atoms with Crippen LogP contribution in [0.4, 0.5) is 5.82 Å². The van der Waals surface area contributed by atoms with Gasteiger partial charge in [-0.05, 0) is 31.4 Å². The van der Waals surface area contributed by atoms with Crippen LogP contribution in [0, 0.1) is 6.92 Å². The van der Waals surface area contributed by atoms with Gasteiger partial charge in [-0.1, -0.05) is 0 Å². The summed E-state index contributed by atoms with van der Waals surface area (Å²) in [5.74, 6) is 2.75. The van der Waals surface area contributed by atoms with Crippen LogP contribution in [0.15, 0.2) is 6.20 Å². The topological polar surface area (TPSA) is 59.7 Å². The molecule has 0 bridgehead atoms. The number of hydrogen-bond acceptors (Lipinski definition) is 5. The molecule has 0 spiro atoms. The minimum Gasteiger partial charge on any atom is -0.344 e. The van der Waals surface area contributed by atoms with Crippen LogP contribution in [-0.2, 0) is 0 Å². The minimum absolute atomic E-state index is 0.268. The summed E-state index contributed by atoms with van der Waals surface area (Å²) in [7, 11) is 0. The molecule has 2 aliphatic rings. The molecule has 2 aromatic rings. The first-order valence-corrected chi connectivity index (χ1v) is 6.35. The zero-order valence-electron chi connectivity index (χ0n) is 9.84. The van der Waals surface area contributed by atoms with E-state index in [4.69, 9.17) is 11.6 Å². The molecular weight excluding hydrogens is 252 g/mol. The van der Waals surface area contributed by atoms with E-state index >= 15 is 0 Å². The zero-order chi connectivity index (χ0) is 12.3. The molecule has 1 atom stereocenters. The van der Waals surface area contributed by atoms with Gasteiger partial charge in [0.1, 0.15) is 11.5 Å². The molecule has 18 heavy (non-hydrogen) atoms. The van der Waals surface area contributed by atoms with Crippen molar-refractivity contribution in [2.45, 2.75) is 25.8 Å². The molecule has 4 heterocycles. The molecule has 0 N–H and O–H groups in total. The van der Waals surface area contributed by atoms with Crippen LogP contribution >= 0.6 is 11.6 Å². The van der Waals surface area contributed by atoms with Crippen molar-refractivity contribution in [1.29, 1.82) is 0 Å². The average molecular weight is 263 g/mol. The zero-order valence-corrected chi connectivity index (χ0v) is 10.6. The van der Waals surface area contributed by atoms with Crippen LogP contribution in [-0.4, -0.2) is 31.3 Å². The molecule has 0 radical (unpaired) electrons. The summed E-state index contributed by atoms with van der Waals surface area (Å²) in [5.41, 5.74) is 0.926. The van der Waals surface area contributed by atoms with E-state index in [0.717, 1.165) is 42.5 Å². The van der Waals surface area contributed by atoms with Crippen molar-refractivity contribution < 1.29 is 0 Å². The second-order valence-electron chi connectivity index (χ2n) is 4.64. The lowest BCUT2D eigenvalue weighted by molar-refractivity contribution is 0.617. The van der Waals surface area contributed by atoms with Gasteiger partial charge in [-0.3, -0.25) is 4.57 Å². The third kappa shape index (κ3) is 1.18. The quantitative estimate of drug-likeness (QED) is 0.676. The molecule has 1 saturated heterocycles. The SMILES string of the molecule is Cc1nnc2n1-c1cnc(Cl)nc1N1CCC[C@H]21. The summed E-state index contributed by atoms with van der Waals surface area (Å²) in [5, 5.41) is 8.77. The molecule has 0 unspecified atom stereocenters. The van der Waals surface area contributed by atoms with E-state index in [2.05, 4.69) is 25.1 Å². The van der Waals surface area contributed by atoms with Gasteiger partial charge in [0.25, 0.3) is 0 Å². The van der Waals surface area contributed by atoms with Gasteiger partial charge in [-0.25, -0.2) is 4.98 Å². The number of anilines is 1. The Morgan fingerprint density at radius 3 is 3.17 bits per heavy atom. The Kier molecular flexibility index (Phi) is 1.94. The molecule has 0 saturated carbocycles. The number of hydrogen-bond donors (Lipinski definition) is 0. The van der Waals surface area contributed by atoms with Gasteiger partial charge in [-0.2, -0.15) is 4.98 Å². The van der Waals surface area contributed by atoms with Crippen molar-refractivity contribution in [3.63, 3.8) is 0 Å². The van der Waals surface area contributed by atoms with E-state index in [-0.39, 0.29) is 11.3 Å². The van der Waals surface area contributed by atoms with Gasteiger partial charge in [0.15, 0.2) is 11.6 Å². The third-order valence-corrected chi connectivity index (χ3v) is 3.82. The first-order chi connectivity index (χ1) is 8.75. The highest BCUT2D eigenvalue weighted by atomic mass is 35.5. The molecule has 2 aliphatic heterocycles. The maximum absolute atomic E-state index is 5.92. The van der Waals surface area contributed by atoms with Crippen molar-refractivity contribution in [2.75, 3.05) is 11.4 Å². The average Bonchev–Trinajstić information content (AvgIpc) is 2.96. The van der Waals surface area contributed by atoms with Gasteiger partial charge < -0.3 is 4.90 Å². The molecule has 4 rings (SSSR count). The molecule has 2 aromatic heterocycles. The molecule has 0 aromatic carbocycles. The highest BCUT2D eigenvalue weighted by molar-refractivity contribution is 6.28. The van der Waals surface area contributed by atoms with Crippen LogP contribution in [0.5, 0.6) is 0 Å². The van der Waals surface area contributed by atoms with E-state index in [1.807, 2.05) is 11.5 Å². The lowest BCUT2D eigenvalue weighted by Gasteiger charge is -2.32. The third-order valence-electron chi connectivity index (χ3n) is 3.63. The van der Waals surface area contributed by atoms with E-state index in [1.165, 1.54) is 0 Å². The van der Waals surface area contributed by atoms with Crippen molar-refractivity contribution >= 4 is 17.4 Å². The minimum atomic E-state index is 0.268. The second kappa shape index (κ2) is 3.41. The van der Waals surface area contributed by atoms with E-state index in [1.54, 1.807) is 6.20 Å². The molecule has 0 aliphatic carbocycles. The van der Waals surface area contributed by atoms with Gasteiger partial charge in [0, 0.05) is 6.54 Å². The number of fused-ring (bicyclic) bond motifs is 6. The maximum atomic E-state index is 5.92. The molecule has 0 amide bonds. The van der Waals surface area contributed by atoms with E-state index in [0.29, 0.717) is 0 Å². The standard InChI is InChI=1S/C11H11ClN6/c1-6-15-16-10-7-3-2-4-17(7)9-8(18(6)10)5-13-11(12)14-9/h5,7H,2-4H2,1H3/t7-/m1/s1. The van der Waals surface area contributed by atoms with Crippen molar-refractivity contribution in [3.05, 3.63) is 23.1 Å². The number of aromatic nitrogens is 5. The summed E-state index contributed by atoms with van der Waals surface area (Å²) < 4.78 is 2.04. The highest BCUT2D eigenvalue weighted by Gasteiger charge is 2.38. The Labute approximate surface area is 109 Å². The van der Waals surface area contributed by atoms with Gasteiger partial charge in [0.2, 0.25) is 5.28 Å². The Balaban J connectivity index is 2.05. The first kappa shape index (κ1) is 10.3. The van der Waals surface area contributed by atoms with E-state index in [9.17, 15) is 0 Å². The lowest BCUT2D eigenvalue weighted by atomic mass is 10.1. The smallest absolute Gasteiger partial charge is 0.224 e. The van der Waals surface area contributed by atoms with Crippen molar-refractivity contribution in [2.24, 2.45) is 0 Å². The summed E-state index contributed by atoms with van der Waals surface area (Å²) in [6, 6.07) is 0.268. The molecular formula is C11H11ClN6. The van der Waals surface area contributed by atoms with Crippen molar-refractivity contribution in [1.82, 2.24) is 24.7 Å². The predicted octanol–water partition coefficient (Wildman–Crippen LogP) is 1.67. The van der Waals surface area contributed by atoms with Gasteiger partial charge in [-0.15, -0.1) is 10.2 Å². The fourth-order valence-corrected chi connectivity index (χ4v) is 3.02. The molecule has 92 valence electrons. The maximum Gasteiger partial charge on any atom is 0.224 e. The first-order valence-electron chi connectivity index (χ1n) is 5.97. The van der Waals surface area contributed by atoms with Crippen LogP contribution in [0.3, 0.4) is 0 Å². The molecule has 7 heteroatoms.